The summed E-state index contributed by atoms with van der Waals surface area (Å²) >= 11 is 4.95. The third kappa shape index (κ3) is 3.32. The van der Waals surface area contributed by atoms with Crippen molar-refractivity contribution in [1.82, 2.24) is 4.72 Å². The molecule has 0 aliphatic heterocycles. The van der Waals surface area contributed by atoms with Crippen molar-refractivity contribution in [3.63, 3.8) is 0 Å². The molecule has 1 aromatic rings. The number of thiocarbonyl (C=S) groups is 1. The molecule has 0 amide bonds. The summed E-state index contributed by atoms with van der Waals surface area (Å²) < 4.78 is 27.3. The molecule has 1 aliphatic carbocycles. The van der Waals surface area contributed by atoms with Crippen LogP contribution in [0.15, 0.2) is 23.1 Å². The molecule has 1 fully saturated rings. The van der Waals surface area contributed by atoms with E-state index in [-0.39, 0.29) is 15.8 Å². The van der Waals surface area contributed by atoms with E-state index in [2.05, 4.69) is 4.72 Å². The van der Waals surface area contributed by atoms with Gasteiger partial charge >= 0.3 is 0 Å². The summed E-state index contributed by atoms with van der Waals surface area (Å²) in [7, 11) is -3.57. The third-order valence-corrected chi connectivity index (χ3v) is 5.16. The van der Waals surface area contributed by atoms with Crippen molar-refractivity contribution in [2.45, 2.75) is 37.6 Å². The van der Waals surface area contributed by atoms with Gasteiger partial charge < -0.3 is 5.73 Å². The molecule has 1 saturated carbocycles. The van der Waals surface area contributed by atoms with Gasteiger partial charge in [0.1, 0.15) is 0 Å². The van der Waals surface area contributed by atoms with Crippen molar-refractivity contribution in [2.24, 2.45) is 11.7 Å². The van der Waals surface area contributed by atoms with Crippen LogP contribution in [-0.4, -0.2) is 19.4 Å². The first-order valence-corrected chi connectivity index (χ1v) is 8.09. The highest BCUT2D eigenvalue weighted by Gasteiger charge is 2.36. The lowest BCUT2D eigenvalue weighted by Gasteiger charge is -2.17. The van der Waals surface area contributed by atoms with Gasteiger partial charge in [-0.15, -0.1) is 0 Å². The van der Waals surface area contributed by atoms with Gasteiger partial charge in [0, 0.05) is 0 Å². The number of benzene rings is 1. The molecule has 4 nitrogen and oxygen atoms in total. The largest absolute Gasteiger partial charge is 0.392 e. The van der Waals surface area contributed by atoms with Crippen LogP contribution in [0.1, 0.15) is 24.0 Å². The normalized spacial score (nSPS) is 17.2. The van der Waals surface area contributed by atoms with Crippen LogP contribution in [0.4, 0.5) is 0 Å². The molecule has 0 aromatic heterocycles. The monoisotopic (exact) mass is 298 g/mol. The number of rotatable bonds is 5. The van der Waals surface area contributed by atoms with Crippen LogP contribution in [0.25, 0.3) is 0 Å². The number of nitrogens with one attached hydrogen (secondary N) is 1. The average Bonchev–Trinajstić information content (AvgIpc) is 3.13. The summed E-state index contributed by atoms with van der Waals surface area (Å²) in [5.74, 6) is 0.249. The molecule has 3 N–H and O–H groups in total. The Hall–Kier alpha value is -0.980. The minimum Gasteiger partial charge on any atom is -0.392 e. The van der Waals surface area contributed by atoms with Gasteiger partial charge in [-0.25, -0.2) is 13.1 Å². The summed E-state index contributed by atoms with van der Waals surface area (Å²) in [4.78, 5) is 0.479. The average molecular weight is 298 g/mol. The Morgan fingerprint density at radius 3 is 2.47 bits per heavy atom. The van der Waals surface area contributed by atoms with Crippen molar-refractivity contribution < 1.29 is 8.42 Å². The molecule has 1 aliphatic rings. The van der Waals surface area contributed by atoms with Crippen LogP contribution in [0.5, 0.6) is 0 Å². The molecule has 0 bridgehead atoms. The van der Waals surface area contributed by atoms with Crippen molar-refractivity contribution in [3.8, 4) is 0 Å². The predicted molar refractivity (Wildman–Crippen MR) is 79.5 cm³/mol. The number of aryl methyl sites for hydroxylation is 2. The number of nitrogens with two attached hydrogens (primary N) is 1. The lowest BCUT2D eigenvalue weighted by molar-refractivity contribution is 0.565. The molecule has 6 heteroatoms. The van der Waals surface area contributed by atoms with E-state index < -0.39 is 16.1 Å². The van der Waals surface area contributed by atoms with Gasteiger partial charge in [0.25, 0.3) is 0 Å². The molecule has 0 saturated heterocycles. The van der Waals surface area contributed by atoms with E-state index in [9.17, 15) is 8.42 Å². The van der Waals surface area contributed by atoms with E-state index in [1.165, 1.54) is 0 Å². The van der Waals surface area contributed by atoms with E-state index in [1.54, 1.807) is 18.2 Å². The van der Waals surface area contributed by atoms with Crippen LogP contribution in [-0.2, 0) is 10.0 Å². The Labute approximate surface area is 119 Å². The highest BCUT2D eigenvalue weighted by Crippen LogP contribution is 2.33. The molecule has 1 aromatic carbocycles. The molecular weight excluding hydrogens is 280 g/mol. The van der Waals surface area contributed by atoms with Crippen LogP contribution in [0, 0.1) is 19.8 Å². The van der Waals surface area contributed by atoms with Crippen LogP contribution < -0.4 is 10.5 Å². The summed E-state index contributed by atoms with van der Waals surface area (Å²) in [5, 5.41) is 0. The summed E-state index contributed by atoms with van der Waals surface area (Å²) in [6.07, 6.45) is 1.94. The van der Waals surface area contributed by atoms with Gasteiger partial charge in [-0.3, -0.25) is 0 Å². The first-order chi connectivity index (χ1) is 8.81. The summed E-state index contributed by atoms with van der Waals surface area (Å²) in [6, 6.07) is 4.65. The van der Waals surface area contributed by atoms with E-state index in [1.807, 2.05) is 13.8 Å². The second-order valence-corrected chi connectivity index (χ2v) is 7.27. The van der Waals surface area contributed by atoms with Crippen LogP contribution in [0.3, 0.4) is 0 Å². The number of hydrogen-bond acceptors (Lipinski definition) is 3. The molecule has 0 heterocycles. The first kappa shape index (κ1) is 14.4. The quantitative estimate of drug-likeness (QED) is 0.811. The Bertz CT molecular complexity index is 607. The van der Waals surface area contributed by atoms with Crippen molar-refractivity contribution in [1.29, 1.82) is 0 Å². The number of hydrogen-bond donors (Lipinski definition) is 2. The van der Waals surface area contributed by atoms with Gasteiger partial charge in [0.05, 0.1) is 15.9 Å². The highest BCUT2D eigenvalue weighted by molar-refractivity contribution is 7.89. The second-order valence-electron chi connectivity index (χ2n) is 5.08. The smallest absolute Gasteiger partial charge is 0.241 e. The maximum atomic E-state index is 12.3. The zero-order chi connectivity index (χ0) is 14.2. The minimum atomic E-state index is -3.57. The lowest BCUT2D eigenvalue weighted by atomic mass is 10.1. The van der Waals surface area contributed by atoms with Gasteiger partial charge in [-0.05, 0) is 55.9 Å². The van der Waals surface area contributed by atoms with Gasteiger partial charge in [0.15, 0.2) is 0 Å². The van der Waals surface area contributed by atoms with Gasteiger partial charge in [-0.2, -0.15) is 0 Å². The molecule has 1 atom stereocenters. The van der Waals surface area contributed by atoms with Crippen LogP contribution >= 0.6 is 12.2 Å². The second kappa shape index (κ2) is 5.19. The zero-order valence-corrected chi connectivity index (χ0v) is 12.6. The Balaban J connectivity index is 2.26. The standard InChI is InChI=1S/C13H18N2O2S2/c1-8-3-6-11(7-9(8)2)19(16,17)15-12(13(14)18)10-4-5-10/h3,6-7,10,12,15H,4-5H2,1-2H3,(H2,14,18). The topological polar surface area (TPSA) is 72.2 Å². The summed E-state index contributed by atoms with van der Waals surface area (Å²) in [5.41, 5.74) is 7.63. The fourth-order valence-electron chi connectivity index (χ4n) is 1.93. The predicted octanol–water partition coefficient (Wildman–Crippen LogP) is 1.65. The molecular formula is C13H18N2O2S2. The highest BCUT2D eigenvalue weighted by atomic mass is 32.2. The first-order valence-electron chi connectivity index (χ1n) is 6.20. The van der Waals surface area contributed by atoms with E-state index in [0.717, 1.165) is 24.0 Å². The number of sulfonamides is 1. The lowest BCUT2D eigenvalue weighted by Crippen LogP contribution is -2.44. The third-order valence-electron chi connectivity index (χ3n) is 3.47. The summed E-state index contributed by atoms with van der Waals surface area (Å²) in [6.45, 7) is 3.83. The molecule has 0 radical (unpaired) electrons. The fourth-order valence-corrected chi connectivity index (χ4v) is 3.63. The van der Waals surface area contributed by atoms with E-state index in [0.29, 0.717) is 0 Å². The Morgan fingerprint density at radius 1 is 1.37 bits per heavy atom. The molecule has 19 heavy (non-hydrogen) atoms. The molecule has 2 rings (SSSR count). The Kier molecular flexibility index (Phi) is 3.94. The SMILES string of the molecule is Cc1ccc(S(=O)(=O)NC(C(N)=S)C2CC2)cc1C. The fraction of sp³-hybridized carbons (Fsp3) is 0.462. The Morgan fingerprint density at radius 2 is 2.00 bits per heavy atom. The minimum absolute atomic E-state index is 0.218. The molecule has 104 valence electrons. The van der Waals surface area contributed by atoms with Gasteiger partial charge in [-0.1, -0.05) is 18.3 Å². The maximum Gasteiger partial charge on any atom is 0.241 e. The molecule has 0 spiro atoms. The van der Waals surface area contributed by atoms with Gasteiger partial charge in [0.2, 0.25) is 10.0 Å². The molecule has 1 unspecified atom stereocenters. The maximum absolute atomic E-state index is 12.3. The van der Waals surface area contributed by atoms with E-state index >= 15 is 0 Å². The van der Waals surface area contributed by atoms with Crippen LogP contribution in [0.2, 0.25) is 0 Å². The van der Waals surface area contributed by atoms with Crippen molar-refractivity contribution >= 4 is 27.2 Å². The van der Waals surface area contributed by atoms with Crippen molar-refractivity contribution in [3.05, 3.63) is 29.3 Å². The zero-order valence-electron chi connectivity index (χ0n) is 11.0. The van der Waals surface area contributed by atoms with Crippen molar-refractivity contribution in [2.75, 3.05) is 0 Å². The van der Waals surface area contributed by atoms with E-state index in [4.69, 9.17) is 18.0 Å².